The molecule has 1 saturated carbocycles. The number of aromatic nitrogens is 1. The number of thiazole rings is 1. The zero-order valence-electron chi connectivity index (χ0n) is 13.6. The summed E-state index contributed by atoms with van der Waals surface area (Å²) in [6, 6.07) is 3.02. The van der Waals surface area contributed by atoms with E-state index in [0.29, 0.717) is 17.2 Å². The number of ether oxygens (including phenoxy) is 1. The number of amides is 1. The second-order valence-electron chi connectivity index (χ2n) is 5.80. The molecule has 3 rings (SSSR count). The molecule has 0 spiro atoms. The van der Waals surface area contributed by atoms with Crippen molar-refractivity contribution in [2.24, 2.45) is 0 Å². The maximum Gasteiger partial charge on any atom is 0.284 e. The molecular weight excluding hydrogens is 348 g/mol. The summed E-state index contributed by atoms with van der Waals surface area (Å²) < 4.78 is 32.4. The molecule has 1 fully saturated rings. The quantitative estimate of drug-likeness (QED) is 0.879. The van der Waals surface area contributed by atoms with Gasteiger partial charge in [-0.25, -0.2) is 18.1 Å². The van der Waals surface area contributed by atoms with Gasteiger partial charge in [0.2, 0.25) is 0 Å². The van der Waals surface area contributed by atoms with Crippen LogP contribution in [0.2, 0.25) is 0 Å². The van der Waals surface area contributed by atoms with Crippen LogP contribution in [0.25, 0.3) is 0 Å². The van der Waals surface area contributed by atoms with Gasteiger partial charge in [-0.2, -0.15) is 0 Å². The van der Waals surface area contributed by atoms with Gasteiger partial charge >= 0.3 is 0 Å². The van der Waals surface area contributed by atoms with Crippen LogP contribution in [0.5, 0.6) is 5.75 Å². The number of hydrogen-bond acceptors (Lipinski definition) is 6. The third kappa shape index (κ3) is 3.16. The molecule has 0 radical (unpaired) electrons. The van der Waals surface area contributed by atoms with Crippen molar-refractivity contribution >= 4 is 27.3 Å². The SMILES string of the molecule is COc1ccc(S(=O)(=O)NC(=O)c2csc(C3CC3)n2)c(C)c1C. The fourth-order valence-electron chi connectivity index (χ4n) is 2.42. The summed E-state index contributed by atoms with van der Waals surface area (Å²) in [5, 5.41) is 2.50. The molecule has 0 saturated heterocycles. The second kappa shape index (κ2) is 6.18. The largest absolute Gasteiger partial charge is 0.496 e. The average Bonchev–Trinajstić information content (AvgIpc) is 3.26. The van der Waals surface area contributed by atoms with Crippen LogP contribution in [0.1, 0.15) is 45.4 Å². The summed E-state index contributed by atoms with van der Waals surface area (Å²) in [4.78, 5) is 16.5. The first-order chi connectivity index (χ1) is 11.3. The normalized spacial score (nSPS) is 14.5. The molecule has 8 heteroatoms. The van der Waals surface area contributed by atoms with E-state index in [0.717, 1.165) is 23.4 Å². The predicted octanol–water partition coefficient (Wildman–Crippen LogP) is 2.76. The number of carbonyl (C=O) groups excluding carboxylic acids is 1. The lowest BCUT2D eigenvalue weighted by Crippen LogP contribution is -2.31. The van der Waals surface area contributed by atoms with Gasteiger partial charge in [-0.1, -0.05) is 0 Å². The van der Waals surface area contributed by atoms with Crippen molar-refractivity contribution < 1.29 is 17.9 Å². The van der Waals surface area contributed by atoms with E-state index in [-0.39, 0.29) is 10.6 Å². The first-order valence-corrected chi connectivity index (χ1v) is 9.86. The molecule has 1 aromatic carbocycles. The molecule has 1 amide bonds. The highest BCUT2D eigenvalue weighted by Gasteiger charge is 2.29. The Morgan fingerprint density at radius 2 is 2.00 bits per heavy atom. The van der Waals surface area contributed by atoms with Crippen LogP contribution in [-0.2, 0) is 10.0 Å². The van der Waals surface area contributed by atoms with Gasteiger partial charge < -0.3 is 4.74 Å². The molecule has 1 N–H and O–H groups in total. The highest BCUT2D eigenvalue weighted by molar-refractivity contribution is 7.90. The molecule has 0 atom stereocenters. The molecule has 0 aliphatic heterocycles. The first-order valence-electron chi connectivity index (χ1n) is 7.50. The van der Waals surface area contributed by atoms with Gasteiger partial charge in [0.15, 0.2) is 0 Å². The number of benzene rings is 1. The molecule has 1 aromatic heterocycles. The van der Waals surface area contributed by atoms with E-state index in [1.165, 1.54) is 24.5 Å². The fourth-order valence-corrected chi connectivity index (χ4v) is 4.66. The van der Waals surface area contributed by atoms with E-state index in [9.17, 15) is 13.2 Å². The Kier molecular flexibility index (Phi) is 4.35. The number of rotatable bonds is 5. The van der Waals surface area contributed by atoms with Crippen LogP contribution >= 0.6 is 11.3 Å². The van der Waals surface area contributed by atoms with Crippen molar-refractivity contribution in [1.29, 1.82) is 0 Å². The molecule has 6 nitrogen and oxygen atoms in total. The average molecular weight is 366 g/mol. The van der Waals surface area contributed by atoms with Crippen LogP contribution in [0.4, 0.5) is 0 Å². The van der Waals surface area contributed by atoms with E-state index in [2.05, 4.69) is 9.71 Å². The Morgan fingerprint density at radius 1 is 1.29 bits per heavy atom. The number of nitrogens with zero attached hydrogens (tertiary/aromatic N) is 1. The third-order valence-corrected chi connectivity index (χ3v) is 6.59. The second-order valence-corrected chi connectivity index (χ2v) is 8.34. The van der Waals surface area contributed by atoms with Crippen molar-refractivity contribution in [2.45, 2.75) is 37.5 Å². The van der Waals surface area contributed by atoms with E-state index >= 15 is 0 Å². The minimum absolute atomic E-state index is 0.0618. The molecule has 0 unspecified atom stereocenters. The van der Waals surface area contributed by atoms with Gasteiger partial charge in [0, 0.05) is 11.3 Å². The van der Waals surface area contributed by atoms with Crippen LogP contribution in [0.15, 0.2) is 22.4 Å². The highest BCUT2D eigenvalue weighted by Crippen LogP contribution is 2.41. The maximum absolute atomic E-state index is 12.5. The smallest absolute Gasteiger partial charge is 0.284 e. The van der Waals surface area contributed by atoms with Gasteiger partial charge in [-0.05, 0) is 49.9 Å². The lowest BCUT2D eigenvalue weighted by molar-refractivity contribution is 0.0977. The van der Waals surface area contributed by atoms with Crippen molar-refractivity contribution in [3.8, 4) is 5.75 Å². The number of sulfonamides is 1. The Morgan fingerprint density at radius 3 is 2.62 bits per heavy atom. The van der Waals surface area contributed by atoms with E-state index < -0.39 is 15.9 Å². The van der Waals surface area contributed by atoms with Gasteiger partial charge in [0.1, 0.15) is 11.4 Å². The van der Waals surface area contributed by atoms with Gasteiger partial charge in [0.05, 0.1) is 17.0 Å². The van der Waals surface area contributed by atoms with Crippen LogP contribution < -0.4 is 9.46 Å². The summed E-state index contributed by atoms with van der Waals surface area (Å²) in [6.45, 7) is 3.46. The molecular formula is C16H18N2O4S2. The Bertz CT molecular complexity index is 899. The molecule has 24 heavy (non-hydrogen) atoms. The number of methoxy groups -OCH3 is 1. The number of nitrogens with one attached hydrogen (secondary N) is 1. The number of hydrogen-bond donors (Lipinski definition) is 1. The van der Waals surface area contributed by atoms with E-state index in [1.54, 1.807) is 25.3 Å². The topological polar surface area (TPSA) is 85.4 Å². The summed E-state index contributed by atoms with van der Waals surface area (Å²) in [7, 11) is -2.45. The number of carbonyl (C=O) groups is 1. The van der Waals surface area contributed by atoms with E-state index in [4.69, 9.17) is 4.74 Å². The maximum atomic E-state index is 12.5. The third-order valence-electron chi connectivity index (χ3n) is 4.11. The van der Waals surface area contributed by atoms with Gasteiger partial charge in [-0.15, -0.1) is 11.3 Å². The summed E-state index contributed by atoms with van der Waals surface area (Å²) in [5.41, 5.74) is 1.41. The van der Waals surface area contributed by atoms with Gasteiger partial charge in [-0.3, -0.25) is 4.79 Å². The Hall–Kier alpha value is -1.93. The van der Waals surface area contributed by atoms with Crippen LogP contribution in [0.3, 0.4) is 0 Å². The minimum atomic E-state index is -3.97. The fraction of sp³-hybridized carbons (Fsp3) is 0.375. The summed E-state index contributed by atoms with van der Waals surface area (Å²) in [6.07, 6.45) is 2.16. The van der Waals surface area contributed by atoms with Crippen molar-refractivity contribution in [2.75, 3.05) is 7.11 Å². The zero-order chi connectivity index (χ0) is 17.5. The monoisotopic (exact) mass is 366 g/mol. The molecule has 2 aromatic rings. The standard InChI is InChI=1S/C16H18N2O4S2/c1-9-10(2)14(7-6-13(9)22-3)24(20,21)18-15(19)12-8-23-16(17-12)11-4-5-11/h6-8,11H,4-5H2,1-3H3,(H,18,19). The van der Waals surface area contributed by atoms with Crippen LogP contribution in [-0.4, -0.2) is 26.4 Å². The van der Waals surface area contributed by atoms with Crippen molar-refractivity contribution in [1.82, 2.24) is 9.71 Å². The first kappa shape index (κ1) is 16.9. The molecule has 0 bridgehead atoms. The van der Waals surface area contributed by atoms with Crippen molar-refractivity contribution in [3.63, 3.8) is 0 Å². The molecule has 128 valence electrons. The minimum Gasteiger partial charge on any atom is -0.496 e. The summed E-state index contributed by atoms with van der Waals surface area (Å²) in [5.74, 6) is 0.331. The van der Waals surface area contributed by atoms with Crippen molar-refractivity contribution in [3.05, 3.63) is 39.3 Å². The Labute approximate surface area is 144 Å². The summed E-state index contributed by atoms with van der Waals surface area (Å²) >= 11 is 1.40. The highest BCUT2D eigenvalue weighted by atomic mass is 32.2. The zero-order valence-corrected chi connectivity index (χ0v) is 15.3. The molecule has 1 heterocycles. The lowest BCUT2D eigenvalue weighted by atomic mass is 10.1. The predicted molar refractivity (Wildman–Crippen MR) is 91.2 cm³/mol. The Balaban J connectivity index is 1.85. The van der Waals surface area contributed by atoms with E-state index in [1.807, 2.05) is 0 Å². The van der Waals surface area contributed by atoms with Crippen LogP contribution in [0, 0.1) is 13.8 Å². The molecule has 1 aliphatic carbocycles. The molecule has 1 aliphatic rings. The lowest BCUT2D eigenvalue weighted by Gasteiger charge is -2.13. The van der Waals surface area contributed by atoms with Gasteiger partial charge in [0.25, 0.3) is 15.9 Å².